The fourth-order valence-corrected chi connectivity index (χ4v) is 6.32. The average molecular weight is 452 g/mol. The highest BCUT2D eigenvalue weighted by atomic mass is 32.2. The van der Waals surface area contributed by atoms with Gasteiger partial charge in [-0.3, -0.25) is 0 Å². The van der Waals surface area contributed by atoms with Crippen molar-refractivity contribution in [2.24, 2.45) is 0 Å². The van der Waals surface area contributed by atoms with Gasteiger partial charge in [-0.15, -0.1) is 0 Å². The molecule has 1 atom stereocenters. The van der Waals surface area contributed by atoms with Gasteiger partial charge < -0.3 is 4.74 Å². The van der Waals surface area contributed by atoms with E-state index in [1.54, 1.807) is 22.5 Å². The molecule has 4 aromatic rings. The minimum absolute atomic E-state index is 0.190. The van der Waals surface area contributed by atoms with Crippen molar-refractivity contribution in [1.82, 2.24) is 13.1 Å². The van der Waals surface area contributed by atoms with Crippen LogP contribution in [-0.4, -0.2) is 34.1 Å². The SMILES string of the molecule is O=S(=O)(c1cccc2nsnc12)N1Cc2ccccc2COCC1Cc1ccccc1. The van der Waals surface area contributed by atoms with Crippen molar-refractivity contribution in [2.45, 2.75) is 30.5 Å². The Kier molecular flexibility index (Phi) is 5.54. The number of aromatic nitrogens is 2. The first kappa shape index (κ1) is 20.3. The molecular weight excluding hydrogens is 430 g/mol. The van der Waals surface area contributed by atoms with Gasteiger partial charge in [-0.25, -0.2) is 8.42 Å². The van der Waals surface area contributed by atoms with Crippen molar-refractivity contribution < 1.29 is 13.2 Å². The molecule has 5 rings (SSSR count). The molecule has 1 aliphatic rings. The molecule has 0 saturated heterocycles. The number of hydrogen-bond acceptors (Lipinski definition) is 6. The summed E-state index contributed by atoms with van der Waals surface area (Å²) < 4.78 is 44.0. The van der Waals surface area contributed by atoms with E-state index in [1.165, 1.54) is 0 Å². The highest BCUT2D eigenvalue weighted by Crippen LogP contribution is 2.30. The maximum atomic E-state index is 14.0. The van der Waals surface area contributed by atoms with Crippen LogP contribution < -0.4 is 0 Å². The molecule has 31 heavy (non-hydrogen) atoms. The molecule has 0 N–H and O–H groups in total. The van der Waals surface area contributed by atoms with Crippen molar-refractivity contribution >= 4 is 32.8 Å². The van der Waals surface area contributed by atoms with Gasteiger partial charge >= 0.3 is 0 Å². The van der Waals surface area contributed by atoms with Crippen LogP contribution in [0.3, 0.4) is 0 Å². The number of nitrogens with zero attached hydrogens (tertiary/aromatic N) is 3. The van der Waals surface area contributed by atoms with E-state index < -0.39 is 10.0 Å². The molecule has 0 amide bonds. The van der Waals surface area contributed by atoms with Crippen LogP contribution in [-0.2, 0) is 34.3 Å². The molecule has 8 heteroatoms. The maximum absolute atomic E-state index is 14.0. The van der Waals surface area contributed by atoms with E-state index in [9.17, 15) is 8.42 Å². The first-order valence-corrected chi connectivity index (χ1v) is 12.2. The summed E-state index contributed by atoms with van der Waals surface area (Å²) in [5.41, 5.74) is 4.04. The van der Waals surface area contributed by atoms with Crippen LogP contribution in [0, 0.1) is 0 Å². The second-order valence-electron chi connectivity index (χ2n) is 7.57. The Labute approximate surface area is 185 Å². The summed E-state index contributed by atoms with van der Waals surface area (Å²) in [6.07, 6.45) is 0.563. The van der Waals surface area contributed by atoms with Crippen LogP contribution in [0.1, 0.15) is 16.7 Å². The molecule has 0 fully saturated rings. The van der Waals surface area contributed by atoms with Gasteiger partial charge in [-0.1, -0.05) is 60.7 Å². The summed E-state index contributed by atoms with van der Waals surface area (Å²) in [4.78, 5) is 0.190. The zero-order valence-corrected chi connectivity index (χ0v) is 18.3. The summed E-state index contributed by atoms with van der Waals surface area (Å²) >= 11 is 1.02. The van der Waals surface area contributed by atoms with Gasteiger partial charge in [0.1, 0.15) is 15.9 Å². The molecule has 0 radical (unpaired) electrons. The molecule has 0 bridgehead atoms. The van der Waals surface area contributed by atoms with E-state index in [-0.39, 0.29) is 17.5 Å². The van der Waals surface area contributed by atoms with E-state index in [2.05, 4.69) is 8.75 Å². The highest BCUT2D eigenvalue weighted by Gasteiger charge is 2.35. The average Bonchev–Trinajstić information content (AvgIpc) is 3.25. The number of fused-ring (bicyclic) bond motifs is 2. The molecule has 158 valence electrons. The van der Waals surface area contributed by atoms with Gasteiger partial charge in [-0.05, 0) is 35.2 Å². The van der Waals surface area contributed by atoms with Gasteiger partial charge in [0.2, 0.25) is 10.0 Å². The fraction of sp³-hybridized carbons (Fsp3) is 0.217. The van der Waals surface area contributed by atoms with E-state index in [4.69, 9.17) is 4.74 Å². The Hall–Kier alpha value is -2.65. The third-order valence-electron chi connectivity index (χ3n) is 5.57. The molecule has 2 heterocycles. The van der Waals surface area contributed by atoms with E-state index in [0.717, 1.165) is 28.4 Å². The summed E-state index contributed by atoms with van der Waals surface area (Å²) in [7, 11) is -3.85. The normalized spacial score (nSPS) is 17.7. The molecule has 1 unspecified atom stereocenters. The third-order valence-corrected chi connectivity index (χ3v) is 8.04. The predicted molar refractivity (Wildman–Crippen MR) is 120 cm³/mol. The van der Waals surface area contributed by atoms with Crippen LogP contribution in [0.5, 0.6) is 0 Å². The van der Waals surface area contributed by atoms with Gasteiger partial charge in [0.15, 0.2) is 0 Å². The van der Waals surface area contributed by atoms with Crippen molar-refractivity contribution in [1.29, 1.82) is 0 Å². The second-order valence-corrected chi connectivity index (χ2v) is 9.95. The molecule has 0 saturated carbocycles. The van der Waals surface area contributed by atoms with Crippen molar-refractivity contribution in [2.75, 3.05) is 6.61 Å². The lowest BCUT2D eigenvalue weighted by atomic mass is 10.0. The Morgan fingerprint density at radius 1 is 0.935 bits per heavy atom. The van der Waals surface area contributed by atoms with E-state index in [0.29, 0.717) is 30.7 Å². The van der Waals surface area contributed by atoms with Crippen LogP contribution in [0.25, 0.3) is 11.0 Å². The van der Waals surface area contributed by atoms with Crippen LogP contribution in [0.15, 0.2) is 77.7 Å². The van der Waals surface area contributed by atoms with Crippen molar-refractivity contribution in [3.05, 3.63) is 89.5 Å². The van der Waals surface area contributed by atoms with Gasteiger partial charge in [0.25, 0.3) is 0 Å². The van der Waals surface area contributed by atoms with Gasteiger partial charge in [0.05, 0.1) is 31.0 Å². The number of hydrogen-bond donors (Lipinski definition) is 0. The standard InChI is InChI=1S/C23H21N3O3S2/c27-31(28,22-12-6-11-21-23(22)25-30-24-21)26-14-18-9-4-5-10-19(18)15-29-16-20(26)13-17-7-2-1-3-8-17/h1-12,20H,13-16H2. The molecule has 1 aliphatic heterocycles. The number of ether oxygens (including phenoxy) is 1. The van der Waals surface area contributed by atoms with Crippen molar-refractivity contribution in [3.63, 3.8) is 0 Å². The predicted octanol–water partition coefficient (Wildman–Crippen LogP) is 4.02. The van der Waals surface area contributed by atoms with Crippen LogP contribution in [0.2, 0.25) is 0 Å². The highest BCUT2D eigenvalue weighted by molar-refractivity contribution is 7.89. The monoisotopic (exact) mass is 451 g/mol. The Morgan fingerprint density at radius 2 is 1.71 bits per heavy atom. The summed E-state index contributed by atoms with van der Waals surface area (Å²) in [6, 6.07) is 22.5. The topological polar surface area (TPSA) is 72.4 Å². The van der Waals surface area contributed by atoms with Gasteiger partial charge in [0, 0.05) is 6.54 Å². The van der Waals surface area contributed by atoms with E-state index in [1.807, 2.05) is 54.6 Å². The fourth-order valence-electron chi connectivity index (χ4n) is 3.98. The molecule has 1 aromatic heterocycles. The quantitative estimate of drug-likeness (QED) is 0.469. The molecular formula is C23H21N3O3S2. The third kappa shape index (κ3) is 3.99. The summed E-state index contributed by atoms with van der Waals surface area (Å²) in [5.74, 6) is 0. The van der Waals surface area contributed by atoms with Crippen LogP contribution in [0.4, 0.5) is 0 Å². The zero-order valence-electron chi connectivity index (χ0n) is 16.7. The number of sulfonamides is 1. The molecule has 6 nitrogen and oxygen atoms in total. The smallest absolute Gasteiger partial charge is 0.245 e. The van der Waals surface area contributed by atoms with E-state index >= 15 is 0 Å². The molecule has 0 spiro atoms. The number of benzene rings is 3. The lowest BCUT2D eigenvalue weighted by Crippen LogP contribution is -2.45. The number of rotatable bonds is 4. The lowest BCUT2D eigenvalue weighted by molar-refractivity contribution is 0.0674. The Balaban J connectivity index is 1.61. The Bertz CT molecular complexity index is 1310. The second kappa shape index (κ2) is 8.47. The molecule has 3 aromatic carbocycles. The summed E-state index contributed by atoms with van der Waals surface area (Å²) in [5, 5.41) is 0. The van der Waals surface area contributed by atoms with Crippen molar-refractivity contribution in [3.8, 4) is 0 Å². The largest absolute Gasteiger partial charge is 0.375 e. The summed E-state index contributed by atoms with van der Waals surface area (Å²) in [6.45, 7) is 1.07. The first-order valence-electron chi connectivity index (χ1n) is 10.0. The Morgan fingerprint density at radius 3 is 2.55 bits per heavy atom. The first-order chi connectivity index (χ1) is 15.1. The van der Waals surface area contributed by atoms with Gasteiger partial charge in [-0.2, -0.15) is 13.1 Å². The zero-order chi connectivity index (χ0) is 21.3. The molecule has 0 aliphatic carbocycles. The minimum Gasteiger partial charge on any atom is -0.375 e. The lowest BCUT2D eigenvalue weighted by Gasteiger charge is -2.33. The van der Waals surface area contributed by atoms with Crippen LogP contribution >= 0.6 is 11.7 Å². The minimum atomic E-state index is -3.85. The maximum Gasteiger partial charge on any atom is 0.245 e.